The molecule has 3 N–H and O–H groups in total. The van der Waals surface area contributed by atoms with Crippen LogP contribution >= 0.6 is 0 Å². The van der Waals surface area contributed by atoms with E-state index in [1.54, 1.807) is 27.9 Å². The van der Waals surface area contributed by atoms with Crippen molar-refractivity contribution in [3.63, 3.8) is 0 Å². The van der Waals surface area contributed by atoms with Crippen LogP contribution in [0.5, 0.6) is 0 Å². The third-order valence-corrected chi connectivity index (χ3v) is 2.67. The van der Waals surface area contributed by atoms with Crippen LogP contribution in [-0.2, 0) is 9.47 Å². The predicted octanol–water partition coefficient (Wildman–Crippen LogP) is 3.33. The number of carbonyl (C=O) groups excluding carboxylic acids is 2. The molecule has 1 aromatic rings. The number of methoxy groups -OCH3 is 1. The average molecular weight is 341 g/mol. The molecule has 0 saturated carbocycles. The van der Waals surface area contributed by atoms with Gasteiger partial charge in [-0.05, 0) is 45.4 Å². The number of hydrogen-bond donors (Lipinski definition) is 3. The molecule has 0 heterocycles. The van der Waals surface area contributed by atoms with Crippen LogP contribution in [0.3, 0.4) is 0 Å². The number of halogens is 1. The van der Waals surface area contributed by atoms with Crippen molar-refractivity contribution in [2.75, 3.05) is 30.9 Å². The molecule has 0 aliphatic carbocycles. The molecule has 0 bridgehead atoms. The summed E-state index contributed by atoms with van der Waals surface area (Å²) in [7, 11) is 1.58. The van der Waals surface area contributed by atoms with E-state index in [1.165, 1.54) is 12.1 Å². The number of anilines is 2. The molecule has 7 nitrogen and oxygen atoms in total. The Kier molecular flexibility index (Phi) is 7.44. The van der Waals surface area contributed by atoms with Crippen molar-refractivity contribution in [1.82, 2.24) is 5.32 Å². The Hall–Kier alpha value is -2.35. The van der Waals surface area contributed by atoms with Crippen LogP contribution in [0.4, 0.5) is 25.4 Å². The standard InChI is InChI=1S/C16H24FN3O4/c1-16(2,3)24-15(22)20-13-10-11(6-7-12(13)17)19-14(21)18-8-5-9-23-4/h6-7,10H,5,8-9H2,1-4H3,(H,20,22)(H2,18,19,21). The first kappa shape index (κ1) is 19.7. The Bertz CT molecular complexity index is 573. The maximum absolute atomic E-state index is 13.8. The quantitative estimate of drug-likeness (QED) is 0.693. The van der Waals surface area contributed by atoms with Crippen molar-refractivity contribution in [2.24, 2.45) is 0 Å². The molecule has 0 atom stereocenters. The molecule has 0 radical (unpaired) electrons. The number of hydrogen-bond acceptors (Lipinski definition) is 4. The molecule has 0 unspecified atom stereocenters. The summed E-state index contributed by atoms with van der Waals surface area (Å²) in [6.07, 6.45) is -0.0960. The van der Waals surface area contributed by atoms with Gasteiger partial charge >= 0.3 is 12.1 Å². The van der Waals surface area contributed by atoms with Gasteiger partial charge in [-0.15, -0.1) is 0 Å². The maximum Gasteiger partial charge on any atom is 0.412 e. The Morgan fingerprint density at radius 2 is 1.92 bits per heavy atom. The zero-order valence-corrected chi connectivity index (χ0v) is 14.4. The Morgan fingerprint density at radius 1 is 1.21 bits per heavy atom. The first-order valence-corrected chi connectivity index (χ1v) is 7.54. The van der Waals surface area contributed by atoms with Crippen LogP contribution in [0, 0.1) is 5.82 Å². The minimum Gasteiger partial charge on any atom is -0.444 e. The zero-order chi connectivity index (χ0) is 18.2. The molecular formula is C16H24FN3O4. The van der Waals surface area contributed by atoms with Crippen molar-refractivity contribution in [2.45, 2.75) is 32.8 Å². The van der Waals surface area contributed by atoms with Gasteiger partial charge in [-0.1, -0.05) is 0 Å². The maximum atomic E-state index is 13.8. The number of rotatable bonds is 6. The summed E-state index contributed by atoms with van der Waals surface area (Å²) >= 11 is 0. The van der Waals surface area contributed by atoms with Gasteiger partial charge in [0.15, 0.2) is 0 Å². The van der Waals surface area contributed by atoms with E-state index in [0.29, 0.717) is 25.3 Å². The van der Waals surface area contributed by atoms with Crippen molar-refractivity contribution < 1.29 is 23.5 Å². The number of benzene rings is 1. The number of carbonyl (C=O) groups is 2. The SMILES string of the molecule is COCCCNC(=O)Nc1ccc(F)c(NC(=O)OC(C)(C)C)c1. The highest BCUT2D eigenvalue weighted by Gasteiger charge is 2.17. The molecular weight excluding hydrogens is 317 g/mol. The van der Waals surface area contributed by atoms with Gasteiger partial charge in [0.2, 0.25) is 0 Å². The highest BCUT2D eigenvalue weighted by molar-refractivity contribution is 5.91. The second kappa shape index (κ2) is 9.07. The normalized spacial score (nSPS) is 10.9. The summed E-state index contributed by atoms with van der Waals surface area (Å²) in [5.74, 6) is -0.632. The van der Waals surface area contributed by atoms with E-state index in [0.717, 1.165) is 6.07 Å². The third-order valence-electron chi connectivity index (χ3n) is 2.67. The highest BCUT2D eigenvalue weighted by atomic mass is 19.1. The molecule has 1 rings (SSSR count). The van der Waals surface area contributed by atoms with E-state index in [-0.39, 0.29) is 5.69 Å². The molecule has 0 fully saturated rings. The van der Waals surface area contributed by atoms with Crippen LogP contribution in [0.1, 0.15) is 27.2 Å². The van der Waals surface area contributed by atoms with E-state index in [1.807, 2.05) is 0 Å². The number of nitrogens with one attached hydrogen (secondary N) is 3. The van der Waals surface area contributed by atoms with Gasteiger partial charge in [-0.25, -0.2) is 14.0 Å². The molecule has 0 aliphatic rings. The van der Waals surface area contributed by atoms with Gasteiger partial charge in [-0.3, -0.25) is 5.32 Å². The molecule has 24 heavy (non-hydrogen) atoms. The number of amides is 3. The fourth-order valence-corrected chi connectivity index (χ4v) is 1.71. The predicted molar refractivity (Wildman–Crippen MR) is 89.8 cm³/mol. The topological polar surface area (TPSA) is 88.7 Å². The van der Waals surface area contributed by atoms with E-state index >= 15 is 0 Å². The van der Waals surface area contributed by atoms with Crippen molar-refractivity contribution in [3.05, 3.63) is 24.0 Å². The van der Waals surface area contributed by atoms with Crippen LogP contribution in [0.2, 0.25) is 0 Å². The molecule has 134 valence electrons. The lowest BCUT2D eigenvalue weighted by molar-refractivity contribution is 0.0635. The van der Waals surface area contributed by atoms with Crippen LogP contribution in [0.15, 0.2) is 18.2 Å². The Labute approximate surface area is 140 Å². The van der Waals surface area contributed by atoms with Gasteiger partial charge in [0.1, 0.15) is 11.4 Å². The second-order valence-electron chi connectivity index (χ2n) is 6.05. The molecule has 0 aliphatic heterocycles. The number of urea groups is 1. The van der Waals surface area contributed by atoms with Crippen LogP contribution < -0.4 is 16.0 Å². The molecule has 8 heteroatoms. The van der Waals surface area contributed by atoms with Gasteiger partial charge in [-0.2, -0.15) is 0 Å². The summed E-state index contributed by atoms with van der Waals surface area (Å²) in [5.41, 5.74) is -0.438. The van der Waals surface area contributed by atoms with Crippen molar-refractivity contribution in [1.29, 1.82) is 0 Å². The van der Waals surface area contributed by atoms with Gasteiger partial charge in [0.05, 0.1) is 5.69 Å². The zero-order valence-electron chi connectivity index (χ0n) is 14.4. The summed E-state index contributed by atoms with van der Waals surface area (Å²) < 4.78 is 23.7. The van der Waals surface area contributed by atoms with E-state index in [2.05, 4.69) is 16.0 Å². The van der Waals surface area contributed by atoms with Crippen LogP contribution in [0.25, 0.3) is 0 Å². The third kappa shape index (κ3) is 7.77. The fraction of sp³-hybridized carbons (Fsp3) is 0.500. The average Bonchev–Trinajstić information content (AvgIpc) is 2.45. The molecule has 0 spiro atoms. The molecule has 1 aromatic carbocycles. The minimum absolute atomic E-state index is 0.0820. The van der Waals surface area contributed by atoms with E-state index < -0.39 is 23.5 Å². The van der Waals surface area contributed by atoms with Gasteiger partial charge < -0.3 is 20.1 Å². The van der Waals surface area contributed by atoms with Gasteiger partial charge in [0, 0.05) is 25.9 Å². The summed E-state index contributed by atoms with van der Waals surface area (Å²) in [4.78, 5) is 23.4. The number of ether oxygens (including phenoxy) is 2. The smallest absolute Gasteiger partial charge is 0.412 e. The first-order valence-electron chi connectivity index (χ1n) is 7.54. The lowest BCUT2D eigenvalue weighted by atomic mass is 10.2. The lowest BCUT2D eigenvalue weighted by Crippen LogP contribution is -2.30. The molecule has 0 aromatic heterocycles. The Balaban J connectivity index is 2.62. The Morgan fingerprint density at radius 3 is 2.54 bits per heavy atom. The largest absolute Gasteiger partial charge is 0.444 e. The minimum atomic E-state index is -0.775. The van der Waals surface area contributed by atoms with Gasteiger partial charge in [0.25, 0.3) is 0 Å². The fourth-order valence-electron chi connectivity index (χ4n) is 1.71. The highest BCUT2D eigenvalue weighted by Crippen LogP contribution is 2.20. The summed E-state index contributed by atoms with van der Waals surface area (Å²) in [6.45, 7) is 6.10. The lowest BCUT2D eigenvalue weighted by Gasteiger charge is -2.20. The summed E-state index contributed by atoms with van der Waals surface area (Å²) in [5, 5.41) is 7.51. The summed E-state index contributed by atoms with van der Waals surface area (Å²) in [6, 6.07) is 3.42. The second-order valence-corrected chi connectivity index (χ2v) is 6.05. The molecule has 3 amide bonds. The van der Waals surface area contributed by atoms with Crippen LogP contribution in [-0.4, -0.2) is 38.0 Å². The monoisotopic (exact) mass is 341 g/mol. The molecule has 0 saturated heterocycles. The van der Waals surface area contributed by atoms with Crippen molar-refractivity contribution in [3.8, 4) is 0 Å². The van der Waals surface area contributed by atoms with E-state index in [4.69, 9.17) is 9.47 Å². The van der Waals surface area contributed by atoms with E-state index in [9.17, 15) is 14.0 Å². The van der Waals surface area contributed by atoms with Crippen molar-refractivity contribution >= 4 is 23.5 Å². The first-order chi connectivity index (χ1) is 11.2.